The largest absolute Gasteiger partial charge is 0.480 e. The van der Waals surface area contributed by atoms with Gasteiger partial charge in [0.1, 0.15) is 0 Å². The molecular weight excluding hydrogens is 178 g/mol. The number of nitrogens with zero attached hydrogens (tertiary/aromatic N) is 1. The number of aliphatic carboxylic acids is 1. The van der Waals surface area contributed by atoms with E-state index in [1.54, 1.807) is 0 Å². The minimum absolute atomic E-state index is 0.0385. The summed E-state index contributed by atoms with van der Waals surface area (Å²) < 4.78 is 0. The van der Waals surface area contributed by atoms with Crippen molar-refractivity contribution in [2.45, 2.75) is 52.1 Å². The molecule has 1 rings (SSSR count). The summed E-state index contributed by atoms with van der Waals surface area (Å²) >= 11 is 0. The summed E-state index contributed by atoms with van der Waals surface area (Å²) in [7, 11) is 0. The van der Waals surface area contributed by atoms with E-state index in [-0.39, 0.29) is 12.1 Å². The Morgan fingerprint density at radius 1 is 1.43 bits per heavy atom. The van der Waals surface area contributed by atoms with E-state index >= 15 is 0 Å². The minimum atomic E-state index is -0.723. The molecule has 1 saturated carbocycles. The van der Waals surface area contributed by atoms with E-state index < -0.39 is 5.97 Å². The number of carboxylic acids is 1. The molecule has 0 amide bonds. The fraction of sp³-hybridized carbons (Fsp3) is 0.909. The summed E-state index contributed by atoms with van der Waals surface area (Å²) in [6, 6.07) is 0.473. The number of carboxylic acid groups (broad SMARTS) is 1. The van der Waals surface area contributed by atoms with Crippen molar-refractivity contribution < 1.29 is 9.90 Å². The second-order valence-corrected chi connectivity index (χ2v) is 5.42. The lowest BCUT2D eigenvalue weighted by atomic mass is 9.79. The summed E-state index contributed by atoms with van der Waals surface area (Å²) in [5, 5.41) is 8.84. The first-order valence-electron chi connectivity index (χ1n) is 5.29. The highest BCUT2D eigenvalue weighted by Gasteiger charge is 2.37. The van der Waals surface area contributed by atoms with Gasteiger partial charge in [-0.2, -0.15) is 0 Å². The molecule has 0 radical (unpaired) electrons. The van der Waals surface area contributed by atoms with Gasteiger partial charge < -0.3 is 5.11 Å². The Hall–Kier alpha value is -0.570. The highest BCUT2D eigenvalue weighted by molar-refractivity contribution is 5.69. The summed E-state index contributed by atoms with van der Waals surface area (Å²) in [5.74, 6) is 0.0399. The maximum atomic E-state index is 10.7. The molecule has 0 aromatic carbocycles. The Kier molecular flexibility index (Phi) is 3.20. The standard InChI is InChI=1S/C11H21NO2/c1-8-5-9(6-8)12(7-10(13)14)11(2,3)4/h8-9H,5-7H2,1-4H3,(H,13,14). The molecule has 3 heteroatoms. The van der Waals surface area contributed by atoms with Crippen LogP contribution in [-0.4, -0.2) is 34.1 Å². The van der Waals surface area contributed by atoms with Gasteiger partial charge in [0.2, 0.25) is 0 Å². The molecule has 3 nitrogen and oxygen atoms in total. The van der Waals surface area contributed by atoms with Crippen LogP contribution in [0.2, 0.25) is 0 Å². The molecule has 0 aromatic heterocycles. The number of hydrogen-bond donors (Lipinski definition) is 1. The third-order valence-corrected chi connectivity index (χ3v) is 2.96. The maximum Gasteiger partial charge on any atom is 0.317 e. The Balaban J connectivity index is 2.58. The van der Waals surface area contributed by atoms with Crippen molar-refractivity contribution in [1.82, 2.24) is 4.90 Å². The molecule has 0 unspecified atom stereocenters. The number of carbonyl (C=O) groups is 1. The summed E-state index contributed by atoms with van der Waals surface area (Å²) in [5.41, 5.74) is -0.0385. The van der Waals surface area contributed by atoms with Crippen LogP contribution < -0.4 is 0 Å². The molecule has 0 spiro atoms. The molecule has 0 atom stereocenters. The van der Waals surface area contributed by atoms with Gasteiger partial charge in [-0.1, -0.05) is 6.92 Å². The molecule has 1 N–H and O–H groups in total. The lowest BCUT2D eigenvalue weighted by Gasteiger charge is -2.47. The molecule has 0 bridgehead atoms. The molecule has 1 fully saturated rings. The zero-order chi connectivity index (χ0) is 10.9. The predicted molar refractivity (Wildman–Crippen MR) is 56.3 cm³/mol. The molecule has 1 aliphatic rings. The lowest BCUT2D eigenvalue weighted by Crippen LogP contribution is -2.54. The van der Waals surface area contributed by atoms with E-state index in [1.807, 2.05) is 0 Å². The molecule has 82 valence electrons. The van der Waals surface area contributed by atoms with E-state index in [9.17, 15) is 4.79 Å². The zero-order valence-electron chi connectivity index (χ0n) is 9.58. The van der Waals surface area contributed by atoms with E-state index in [4.69, 9.17) is 5.11 Å². The van der Waals surface area contributed by atoms with Crippen LogP contribution in [0.25, 0.3) is 0 Å². The van der Waals surface area contributed by atoms with Crippen LogP contribution in [0.3, 0.4) is 0 Å². The van der Waals surface area contributed by atoms with Crippen LogP contribution in [0.4, 0.5) is 0 Å². The first kappa shape index (κ1) is 11.5. The second-order valence-electron chi connectivity index (χ2n) is 5.42. The van der Waals surface area contributed by atoms with Crippen molar-refractivity contribution in [3.05, 3.63) is 0 Å². The topological polar surface area (TPSA) is 40.5 Å². The Morgan fingerprint density at radius 2 is 1.93 bits per heavy atom. The quantitative estimate of drug-likeness (QED) is 0.755. The van der Waals surface area contributed by atoms with E-state index in [0.29, 0.717) is 6.04 Å². The predicted octanol–water partition coefficient (Wildman–Crippen LogP) is 1.97. The van der Waals surface area contributed by atoms with E-state index in [2.05, 4.69) is 32.6 Å². The monoisotopic (exact) mass is 199 g/mol. The maximum absolute atomic E-state index is 10.7. The van der Waals surface area contributed by atoms with Crippen LogP contribution in [0.15, 0.2) is 0 Å². The third-order valence-electron chi connectivity index (χ3n) is 2.96. The highest BCUT2D eigenvalue weighted by Crippen LogP contribution is 2.34. The van der Waals surface area contributed by atoms with E-state index in [1.165, 1.54) is 0 Å². The van der Waals surface area contributed by atoms with Crippen molar-refractivity contribution in [2.24, 2.45) is 5.92 Å². The van der Waals surface area contributed by atoms with Crippen molar-refractivity contribution in [1.29, 1.82) is 0 Å². The van der Waals surface area contributed by atoms with Gasteiger partial charge in [0.15, 0.2) is 0 Å². The normalized spacial score (nSPS) is 27.5. The van der Waals surface area contributed by atoms with E-state index in [0.717, 1.165) is 18.8 Å². The fourth-order valence-corrected chi connectivity index (χ4v) is 2.17. The number of rotatable bonds is 3. The Bertz CT molecular complexity index is 214. The molecular formula is C11H21NO2. The molecule has 1 aliphatic carbocycles. The van der Waals surface area contributed by atoms with Crippen LogP contribution in [0, 0.1) is 5.92 Å². The number of hydrogen-bond acceptors (Lipinski definition) is 2. The van der Waals surface area contributed by atoms with Crippen molar-refractivity contribution in [3.63, 3.8) is 0 Å². The Labute approximate surface area is 86.1 Å². The van der Waals surface area contributed by atoms with Crippen molar-refractivity contribution in [3.8, 4) is 0 Å². The first-order chi connectivity index (χ1) is 6.30. The van der Waals surface area contributed by atoms with Gasteiger partial charge in [0.05, 0.1) is 6.54 Å². The summed E-state index contributed by atoms with van der Waals surface area (Å²) in [4.78, 5) is 12.8. The highest BCUT2D eigenvalue weighted by atomic mass is 16.4. The van der Waals surface area contributed by atoms with Gasteiger partial charge in [-0.15, -0.1) is 0 Å². The van der Waals surface area contributed by atoms with Gasteiger partial charge in [0, 0.05) is 11.6 Å². The fourth-order valence-electron chi connectivity index (χ4n) is 2.17. The molecule has 14 heavy (non-hydrogen) atoms. The smallest absolute Gasteiger partial charge is 0.317 e. The molecule has 0 saturated heterocycles. The van der Waals surface area contributed by atoms with Crippen LogP contribution in [0.1, 0.15) is 40.5 Å². The Morgan fingerprint density at radius 3 is 2.21 bits per heavy atom. The van der Waals surface area contributed by atoms with Crippen molar-refractivity contribution >= 4 is 5.97 Å². The van der Waals surface area contributed by atoms with Gasteiger partial charge in [-0.25, -0.2) is 0 Å². The lowest BCUT2D eigenvalue weighted by molar-refractivity contribution is -0.142. The van der Waals surface area contributed by atoms with Gasteiger partial charge in [-0.05, 0) is 39.5 Å². The first-order valence-corrected chi connectivity index (χ1v) is 5.29. The molecule has 0 heterocycles. The van der Waals surface area contributed by atoms with Crippen LogP contribution in [0.5, 0.6) is 0 Å². The minimum Gasteiger partial charge on any atom is -0.480 e. The molecule has 0 aliphatic heterocycles. The molecule has 0 aromatic rings. The van der Waals surface area contributed by atoms with Crippen LogP contribution in [-0.2, 0) is 4.79 Å². The SMILES string of the molecule is CC1CC(N(CC(=O)O)C(C)(C)C)C1. The summed E-state index contributed by atoms with van der Waals surface area (Å²) in [6.45, 7) is 8.63. The average molecular weight is 199 g/mol. The third kappa shape index (κ3) is 2.71. The zero-order valence-corrected chi connectivity index (χ0v) is 9.58. The second kappa shape index (κ2) is 3.89. The van der Waals surface area contributed by atoms with Crippen molar-refractivity contribution in [2.75, 3.05) is 6.54 Å². The van der Waals surface area contributed by atoms with Gasteiger partial charge in [0.25, 0.3) is 0 Å². The average Bonchev–Trinajstić information content (AvgIpc) is 1.92. The van der Waals surface area contributed by atoms with Gasteiger partial charge in [-0.3, -0.25) is 9.69 Å². The van der Waals surface area contributed by atoms with Crippen LogP contribution >= 0.6 is 0 Å². The van der Waals surface area contributed by atoms with Gasteiger partial charge >= 0.3 is 5.97 Å². The summed E-state index contributed by atoms with van der Waals surface area (Å²) in [6.07, 6.45) is 2.29.